The van der Waals surface area contributed by atoms with Gasteiger partial charge in [-0.2, -0.15) is 0 Å². The van der Waals surface area contributed by atoms with Gasteiger partial charge in [0.2, 0.25) is 5.95 Å². The van der Waals surface area contributed by atoms with E-state index >= 15 is 0 Å². The van der Waals surface area contributed by atoms with Crippen LogP contribution in [0.5, 0.6) is 11.5 Å². The summed E-state index contributed by atoms with van der Waals surface area (Å²) in [7, 11) is 0. The smallest absolute Gasteiger partial charge is 0.205 e. The maximum atomic E-state index is 11.8. The SMILES string of the molecule is CCC(=O)c1cc(Oc2ccc3nc(Nc4cccc(Cl)c4)[nH]c3c2)ccn1. The van der Waals surface area contributed by atoms with Crippen LogP contribution in [0.2, 0.25) is 5.02 Å². The molecule has 2 N–H and O–H groups in total. The van der Waals surface area contributed by atoms with Crippen molar-refractivity contribution >= 4 is 40.1 Å². The summed E-state index contributed by atoms with van der Waals surface area (Å²) in [5, 5.41) is 3.84. The molecular formula is C21H17ClN4O2. The van der Waals surface area contributed by atoms with Crippen LogP contribution in [0.15, 0.2) is 60.8 Å². The van der Waals surface area contributed by atoms with E-state index in [1.807, 2.05) is 42.5 Å². The monoisotopic (exact) mass is 392 g/mol. The summed E-state index contributed by atoms with van der Waals surface area (Å²) in [4.78, 5) is 23.6. The molecular weight excluding hydrogens is 376 g/mol. The highest BCUT2D eigenvalue weighted by Gasteiger charge is 2.09. The largest absolute Gasteiger partial charge is 0.457 e. The van der Waals surface area contributed by atoms with Crippen molar-refractivity contribution in [2.45, 2.75) is 13.3 Å². The number of aromatic amines is 1. The van der Waals surface area contributed by atoms with Gasteiger partial charge in [-0.3, -0.25) is 9.78 Å². The number of H-pyrrole nitrogens is 1. The van der Waals surface area contributed by atoms with Crippen molar-refractivity contribution < 1.29 is 9.53 Å². The van der Waals surface area contributed by atoms with Crippen molar-refractivity contribution in [2.75, 3.05) is 5.32 Å². The lowest BCUT2D eigenvalue weighted by Crippen LogP contribution is -2.00. The number of aromatic nitrogens is 3. The number of hydrogen-bond donors (Lipinski definition) is 2. The summed E-state index contributed by atoms with van der Waals surface area (Å²) in [6, 6.07) is 16.3. The van der Waals surface area contributed by atoms with Crippen LogP contribution in [0, 0.1) is 0 Å². The van der Waals surface area contributed by atoms with E-state index < -0.39 is 0 Å². The fourth-order valence-corrected chi connectivity index (χ4v) is 2.95. The van der Waals surface area contributed by atoms with Gasteiger partial charge in [0.15, 0.2) is 5.78 Å². The Balaban J connectivity index is 1.56. The molecule has 0 saturated carbocycles. The average molecular weight is 393 g/mol. The molecule has 2 heterocycles. The van der Waals surface area contributed by atoms with Crippen LogP contribution in [-0.2, 0) is 0 Å². The first-order chi connectivity index (χ1) is 13.6. The molecule has 2 aromatic carbocycles. The van der Waals surface area contributed by atoms with E-state index in [9.17, 15) is 4.79 Å². The second kappa shape index (κ2) is 7.70. The van der Waals surface area contributed by atoms with Gasteiger partial charge in [-0.1, -0.05) is 24.6 Å². The van der Waals surface area contributed by atoms with Gasteiger partial charge in [0.25, 0.3) is 0 Å². The molecule has 0 aliphatic heterocycles. The molecule has 0 bridgehead atoms. The van der Waals surface area contributed by atoms with E-state index in [1.54, 1.807) is 25.3 Å². The number of carbonyl (C=O) groups is 1. The number of rotatable bonds is 6. The number of carbonyl (C=O) groups excluding carboxylic acids is 1. The third-order valence-electron chi connectivity index (χ3n) is 4.11. The number of fused-ring (bicyclic) bond motifs is 1. The third kappa shape index (κ3) is 3.97. The lowest BCUT2D eigenvalue weighted by atomic mass is 10.2. The van der Waals surface area contributed by atoms with Gasteiger partial charge in [-0.25, -0.2) is 4.98 Å². The van der Waals surface area contributed by atoms with Crippen molar-refractivity contribution in [2.24, 2.45) is 0 Å². The van der Waals surface area contributed by atoms with Crippen LogP contribution in [0.1, 0.15) is 23.8 Å². The quantitative estimate of drug-likeness (QED) is 0.409. The standard InChI is InChI=1S/C21H17ClN4O2/c1-2-20(27)19-12-16(8-9-23-19)28-15-6-7-17-18(11-15)26-21(25-17)24-14-5-3-4-13(22)10-14/h3-12H,2H2,1H3,(H2,24,25,26). The Labute approximate surface area is 166 Å². The molecule has 0 radical (unpaired) electrons. The van der Waals surface area contributed by atoms with Gasteiger partial charge < -0.3 is 15.0 Å². The molecule has 0 aliphatic rings. The summed E-state index contributed by atoms with van der Waals surface area (Å²) in [6.07, 6.45) is 1.97. The molecule has 0 unspecified atom stereocenters. The molecule has 0 atom stereocenters. The van der Waals surface area contributed by atoms with Gasteiger partial charge in [-0.05, 0) is 36.4 Å². The summed E-state index contributed by atoms with van der Waals surface area (Å²) >= 11 is 6.01. The summed E-state index contributed by atoms with van der Waals surface area (Å²) in [5.74, 6) is 1.77. The van der Waals surface area contributed by atoms with E-state index in [1.165, 1.54) is 0 Å². The Morgan fingerprint density at radius 2 is 2.00 bits per heavy atom. The number of Topliss-reactive ketones (excluding diaryl/α,β-unsaturated/α-hetero) is 1. The average Bonchev–Trinajstić information content (AvgIpc) is 3.09. The fourth-order valence-electron chi connectivity index (χ4n) is 2.76. The van der Waals surface area contributed by atoms with Crippen molar-refractivity contribution in [3.05, 3.63) is 71.5 Å². The van der Waals surface area contributed by atoms with Gasteiger partial charge in [0.05, 0.1) is 11.0 Å². The summed E-state index contributed by atoms with van der Waals surface area (Å²) < 4.78 is 5.89. The van der Waals surface area contributed by atoms with E-state index in [-0.39, 0.29) is 5.78 Å². The molecule has 140 valence electrons. The number of nitrogens with one attached hydrogen (secondary N) is 2. The number of pyridine rings is 1. The highest BCUT2D eigenvalue weighted by atomic mass is 35.5. The van der Waals surface area contributed by atoms with Crippen molar-refractivity contribution in [1.82, 2.24) is 15.0 Å². The van der Waals surface area contributed by atoms with Crippen LogP contribution < -0.4 is 10.1 Å². The number of imidazole rings is 1. The van der Waals surface area contributed by atoms with Gasteiger partial charge in [-0.15, -0.1) is 0 Å². The molecule has 0 saturated heterocycles. The minimum Gasteiger partial charge on any atom is -0.457 e. The first-order valence-corrected chi connectivity index (χ1v) is 9.18. The van der Waals surface area contributed by atoms with Crippen LogP contribution >= 0.6 is 11.6 Å². The van der Waals surface area contributed by atoms with Crippen molar-refractivity contribution in [3.8, 4) is 11.5 Å². The van der Waals surface area contributed by atoms with Crippen LogP contribution in [-0.4, -0.2) is 20.7 Å². The van der Waals surface area contributed by atoms with Gasteiger partial charge in [0, 0.05) is 35.5 Å². The number of anilines is 2. The van der Waals surface area contributed by atoms with Gasteiger partial charge in [0.1, 0.15) is 17.2 Å². The molecule has 0 aliphatic carbocycles. The lowest BCUT2D eigenvalue weighted by molar-refractivity contribution is 0.0983. The Kier molecular flexibility index (Phi) is 4.95. The zero-order valence-corrected chi connectivity index (χ0v) is 15.8. The Morgan fingerprint density at radius 1 is 1.14 bits per heavy atom. The molecule has 0 spiro atoms. The van der Waals surface area contributed by atoms with Crippen molar-refractivity contribution in [3.63, 3.8) is 0 Å². The fraction of sp³-hybridized carbons (Fsp3) is 0.0952. The second-order valence-corrected chi connectivity index (χ2v) is 6.59. The first-order valence-electron chi connectivity index (χ1n) is 8.80. The molecule has 4 rings (SSSR count). The van der Waals surface area contributed by atoms with Crippen LogP contribution in [0.25, 0.3) is 11.0 Å². The normalized spacial score (nSPS) is 10.8. The van der Waals surface area contributed by atoms with Crippen molar-refractivity contribution in [1.29, 1.82) is 0 Å². The van der Waals surface area contributed by atoms with E-state index in [0.29, 0.717) is 34.6 Å². The zero-order valence-electron chi connectivity index (χ0n) is 15.1. The minimum absolute atomic E-state index is 0.0220. The maximum Gasteiger partial charge on any atom is 0.205 e. The Hall–Kier alpha value is -3.38. The number of ketones is 1. The predicted molar refractivity (Wildman–Crippen MR) is 110 cm³/mol. The first kappa shape index (κ1) is 18.0. The highest BCUT2D eigenvalue weighted by molar-refractivity contribution is 6.30. The second-order valence-electron chi connectivity index (χ2n) is 6.16. The highest BCUT2D eigenvalue weighted by Crippen LogP contribution is 2.27. The van der Waals surface area contributed by atoms with E-state index in [2.05, 4.69) is 20.3 Å². The summed E-state index contributed by atoms with van der Waals surface area (Å²) in [6.45, 7) is 1.80. The molecule has 28 heavy (non-hydrogen) atoms. The van der Waals surface area contributed by atoms with Crippen LogP contribution in [0.4, 0.5) is 11.6 Å². The Morgan fingerprint density at radius 3 is 2.82 bits per heavy atom. The third-order valence-corrected chi connectivity index (χ3v) is 4.35. The molecule has 7 heteroatoms. The number of hydrogen-bond acceptors (Lipinski definition) is 5. The number of benzene rings is 2. The minimum atomic E-state index is -0.0220. The predicted octanol–water partition coefficient (Wildman–Crippen LogP) is 5.74. The topological polar surface area (TPSA) is 79.9 Å². The number of halogens is 1. The lowest BCUT2D eigenvalue weighted by Gasteiger charge is -2.06. The van der Waals surface area contributed by atoms with Gasteiger partial charge >= 0.3 is 0 Å². The number of ether oxygens (including phenoxy) is 1. The van der Waals surface area contributed by atoms with Crippen LogP contribution in [0.3, 0.4) is 0 Å². The molecule has 0 amide bonds. The molecule has 6 nitrogen and oxygen atoms in total. The Bertz CT molecular complexity index is 1160. The molecule has 0 fully saturated rings. The molecule has 2 aromatic heterocycles. The van der Waals surface area contributed by atoms with E-state index in [4.69, 9.17) is 16.3 Å². The number of nitrogens with zero attached hydrogens (tertiary/aromatic N) is 2. The van der Waals surface area contributed by atoms with E-state index in [0.717, 1.165) is 16.7 Å². The molecule has 4 aromatic rings. The maximum absolute atomic E-state index is 11.8. The zero-order chi connectivity index (χ0) is 19.5. The summed E-state index contributed by atoms with van der Waals surface area (Å²) in [5.41, 5.74) is 2.86.